The second-order valence-corrected chi connectivity index (χ2v) is 9.14. The van der Waals surface area contributed by atoms with E-state index < -0.39 is 28.5 Å². The van der Waals surface area contributed by atoms with Crippen molar-refractivity contribution < 1.29 is 22.7 Å². The predicted octanol–water partition coefficient (Wildman–Crippen LogP) is 2.33. The van der Waals surface area contributed by atoms with Gasteiger partial charge in [-0.3, -0.25) is 4.79 Å². The van der Waals surface area contributed by atoms with Gasteiger partial charge in [-0.25, -0.2) is 13.2 Å². The van der Waals surface area contributed by atoms with E-state index in [0.29, 0.717) is 18.8 Å². The van der Waals surface area contributed by atoms with E-state index in [-0.39, 0.29) is 10.5 Å². The summed E-state index contributed by atoms with van der Waals surface area (Å²) in [5, 5.41) is 2.66. The highest BCUT2D eigenvalue weighted by Crippen LogP contribution is 2.21. The molecule has 0 unspecified atom stereocenters. The van der Waals surface area contributed by atoms with Crippen LogP contribution in [0.25, 0.3) is 0 Å². The van der Waals surface area contributed by atoms with Gasteiger partial charge in [0.1, 0.15) is 0 Å². The Hall–Kier alpha value is -2.91. The van der Waals surface area contributed by atoms with Gasteiger partial charge in [0.15, 0.2) is 6.61 Å². The van der Waals surface area contributed by atoms with E-state index in [4.69, 9.17) is 4.74 Å². The van der Waals surface area contributed by atoms with Gasteiger partial charge in [0.2, 0.25) is 10.0 Å². The molecule has 1 aliphatic heterocycles. The van der Waals surface area contributed by atoms with Crippen molar-refractivity contribution in [1.29, 1.82) is 0 Å². The number of rotatable bonds is 7. The Balaban J connectivity index is 1.53. The van der Waals surface area contributed by atoms with Crippen LogP contribution >= 0.6 is 0 Å². The number of hydrogen-bond acceptors (Lipinski definition) is 6. The largest absolute Gasteiger partial charge is 0.452 e. The maximum Gasteiger partial charge on any atom is 0.338 e. The summed E-state index contributed by atoms with van der Waals surface area (Å²) in [6.07, 6.45) is 1.71. The quantitative estimate of drug-likeness (QED) is 0.676. The Bertz CT molecular complexity index is 996. The molecule has 3 rings (SSSR count). The third kappa shape index (κ3) is 5.17. The third-order valence-corrected chi connectivity index (χ3v) is 6.71. The van der Waals surface area contributed by atoms with Gasteiger partial charge >= 0.3 is 5.97 Å². The van der Waals surface area contributed by atoms with Crippen molar-refractivity contribution in [1.82, 2.24) is 4.31 Å². The Morgan fingerprint density at radius 3 is 2.17 bits per heavy atom. The fourth-order valence-electron chi connectivity index (χ4n) is 3.09. The summed E-state index contributed by atoms with van der Waals surface area (Å²) in [4.78, 5) is 26.3. The van der Waals surface area contributed by atoms with Gasteiger partial charge in [-0.1, -0.05) is 0 Å². The maximum absolute atomic E-state index is 12.5. The second kappa shape index (κ2) is 9.27. The molecule has 30 heavy (non-hydrogen) atoms. The van der Waals surface area contributed by atoms with Crippen molar-refractivity contribution in [3.63, 3.8) is 0 Å². The number of sulfonamides is 1. The van der Waals surface area contributed by atoms with E-state index in [2.05, 4.69) is 5.32 Å². The molecule has 1 aliphatic rings. The lowest BCUT2D eigenvalue weighted by molar-refractivity contribution is -0.119. The van der Waals surface area contributed by atoms with Crippen molar-refractivity contribution in [3.05, 3.63) is 54.1 Å². The molecule has 0 radical (unpaired) electrons. The topological polar surface area (TPSA) is 96.0 Å². The third-order valence-electron chi connectivity index (χ3n) is 4.79. The number of ether oxygens (including phenoxy) is 1. The van der Waals surface area contributed by atoms with Gasteiger partial charge in [0, 0.05) is 38.6 Å². The number of amides is 1. The van der Waals surface area contributed by atoms with Crippen LogP contribution in [0.5, 0.6) is 0 Å². The molecule has 8 nitrogen and oxygen atoms in total. The number of nitrogens with one attached hydrogen (secondary N) is 1. The molecule has 1 saturated heterocycles. The lowest BCUT2D eigenvalue weighted by Gasteiger charge is -2.15. The van der Waals surface area contributed by atoms with Crippen LogP contribution in [-0.4, -0.2) is 58.4 Å². The van der Waals surface area contributed by atoms with Gasteiger partial charge in [-0.2, -0.15) is 4.31 Å². The number of nitrogens with zero attached hydrogens (tertiary/aromatic N) is 2. The number of anilines is 2. The van der Waals surface area contributed by atoms with Gasteiger partial charge in [-0.15, -0.1) is 0 Å². The predicted molar refractivity (Wildman–Crippen MR) is 114 cm³/mol. The molecule has 1 fully saturated rings. The number of esters is 1. The summed E-state index contributed by atoms with van der Waals surface area (Å²) in [6, 6.07) is 12.8. The van der Waals surface area contributed by atoms with Crippen molar-refractivity contribution in [3.8, 4) is 0 Å². The molecular weight excluding hydrogens is 406 g/mol. The number of hydrogen-bond donors (Lipinski definition) is 1. The van der Waals surface area contributed by atoms with E-state index >= 15 is 0 Å². The van der Waals surface area contributed by atoms with Crippen LogP contribution in [0.15, 0.2) is 53.4 Å². The highest BCUT2D eigenvalue weighted by Gasteiger charge is 2.27. The molecular formula is C21H25N3O5S. The molecule has 0 atom stereocenters. The van der Waals surface area contributed by atoms with Crippen molar-refractivity contribution in [2.45, 2.75) is 17.7 Å². The normalized spacial score (nSPS) is 14.3. The molecule has 0 aromatic heterocycles. The minimum absolute atomic E-state index is 0.139. The van der Waals surface area contributed by atoms with Crippen LogP contribution in [0.4, 0.5) is 11.4 Å². The van der Waals surface area contributed by atoms with E-state index in [0.717, 1.165) is 18.5 Å². The monoisotopic (exact) mass is 431 g/mol. The highest BCUT2D eigenvalue weighted by molar-refractivity contribution is 7.89. The summed E-state index contributed by atoms with van der Waals surface area (Å²) in [5.41, 5.74) is 1.77. The number of carbonyl (C=O) groups excluding carboxylic acids is 2. The molecule has 2 aromatic carbocycles. The fourth-order valence-corrected chi connectivity index (χ4v) is 4.61. The lowest BCUT2D eigenvalue weighted by atomic mass is 10.2. The van der Waals surface area contributed by atoms with Gasteiger partial charge in [0.25, 0.3) is 5.91 Å². The zero-order chi connectivity index (χ0) is 21.7. The van der Waals surface area contributed by atoms with Crippen LogP contribution in [-0.2, 0) is 19.6 Å². The molecule has 160 valence electrons. The molecule has 1 amide bonds. The smallest absolute Gasteiger partial charge is 0.338 e. The SMILES string of the molecule is CN(C)c1ccc(NC(=O)COC(=O)c2ccc(S(=O)(=O)N3CCCC3)cc2)cc1. The number of benzene rings is 2. The number of carbonyl (C=O) groups is 2. The molecule has 2 aromatic rings. The van der Waals surface area contributed by atoms with E-state index in [1.54, 1.807) is 12.1 Å². The van der Waals surface area contributed by atoms with Crippen LogP contribution in [0.1, 0.15) is 23.2 Å². The van der Waals surface area contributed by atoms with Crippen LogP contribution in [0.3, 0.4) is 0 Å². The summed E-state index contributed by atoms with van der Waals surface area (Å²) < 4.78 is 31.5. The maximum atomic E-state index is 12.5. The summed E-state index contributed by atoms with van der Waals surface area (Å²) in [5.74, 6) is -1.16. The van der Waals surface area contributed by atoms with Crippen molar-refractivity contribution in [2.75, 3.05) is 44.0 Å². The highest BCUT2D eigenvalue weighted by atomic mass is 32.2. The summed E-state index contributed by atoms with van der Waals surface area (Å²) >= 11 is 0. The molecule has 0 aliphatic carbocycles. The molecule has 0 bridgehead atoms. The van der Waals surface area contributed by atoms with Crippen LogP contribution < -0.4 is 10.2 Å². The first-order chi connectivity index (χ1) is 14.3. The molecule has 0 saturated carbocycles. The van der Waals surface area contributed by atoms with Gasteiger partial charge in [-0.05, 0) is 61.4 Å². The standard InChI is InChI=1S/C21H25N3O5S/c1-23(2)18-9-7-17(8-10-18)22-20(25)15-29-21(26)16-5-11-19(12-6-16)30(27,28)24-13-3-4-14-24/h5-12H,3-4,13-15H2,1-2H3,(H,22,25). The zero-order valence-corrected chi connectivity index (χ0v) is 17.8. The second-order valence-electron chi connectivity index (χ2n) is 7.20. The first-order valence-corrected chi connectivity index (χ1v) is 11.1. The molecule has 0 spiro atoms. The zero-order valence-electron chi connectivity index (χ0n) is 17.0. The van der Waals surface area contributed by atoms with E-state index in [1.165, 1.54) is 28.6 Å². The van der Waals surface area contributed by atoms with Crippen LogP contribution in [0.2, 0.25) is 0 Å². The Kier molecular flexibility index (Phi) is 6.73. The fraction of sp³-hybridized carbons (Fsp3) is 0.333. The Labute approximate surface area is 176 Å². The van der Waals surface area contributed by atoms with Gasteiger partial charge < -0.3 is 15.0 Å². The summed E-state index contributed by atoms with van der Waals surface area (Å²) in [6.45, 7) is 0.584. The van der Waals surface area contributed by atoms with Crippen LogP contribution in [0, 0.1) is 0 Å². The molecule has 1 N–H and O–H groups in total. The minimum Gasteiger partial charge on any atom is -0.452 e. The van der Waals surface area contributed by atoms with Crippen molar-refractivity contribution in [2.24, 2.45) is 0 Å². The first-order valence-electron chi connectivity index (χ1n) is 9.62. The van der Waals surface area contributed by atoms with E-state index in [1.807, 2.05) is 31.1 Å². The van der Waals surface area contributed by atoms with Gasteiger partial charge in [0.05, 0.1) is 10.5 Å². The lowest BCUT2D eigenvalue weighted by Crippen LogP contribution is -2.27. The summed E-state index contributed by atoms with van der Waals surface area (Å²) in [7, 11) is 0.300. The average molecular weight is 432 g/mol. The molecule has 9 heteroatoms. The Morgan fingerprint density at radius 2 is 1.60 bits per heavy atom. The molecule has 1 heterocycles. The minimum atomic E-state index is -3.54. The van der Waals surface area contributed by atoms with E-state index in [9.17, 15) is 18.0 Å². The average Bonchev–Trinajstić information content (AvgIpc) is 3.28. The van der Waals surface area contributed by atoms with Crippen molar-refractivity contribution >= 4 is 33.3 Å². The Morgan fingerprint density at radius 1 is 1.00 bits per heavy atom. The first kappa shape index (κ1) is 21.8.